The van der Waals surface area contributed by atoms with Crippen molar-refractivity contribution in [1.29, 1.82) is 0 Å². The van der Waals surface area contributed by atoms with E-state index in [2.05, 4.69) is 14.9 Å². The molecule has 3 aliphatic heterocycles. The van der Waals surface area contributed by atoms with Gasteiger partial charge in [-0.25, -0.2) is 9.97 Å². The second-order valence-corrected chi connectivity index (χ2v) is 6.74. The Morgan fingerprint density at radius 3 is 2.75 bits per heavy atom. The molecule has 3 aliphatic rings. The number of fused-ring (bicyclic) bond motifs is 1. The fourth-order valence-electron chi connectivity index (χ4n) is 3.86. The minimum atomic E-state index is -0.235. The van der Waals surface area contributed by atoms with Gasteiger partial charge in [-0.3, -0.25) is 4.79 Å². The molecule has 0 spiro atoms. The first kappa shape index (κ1) is 15.8. The van der Waals surface area contributed by atoms with Gasteiger partial charge in [-0.2, -0.15) is 0 Å². The third kappa shape index (κ3) is 3.23. The van der Waals surface area contributed by atoms with E-state index >= 15 is 0 Å². The number of hydrogen-bond acceptors (Lipinski definition) is 6. The highest BCUT2D eigenvalue weighted by atomic mass is 16.5. The average molecular weight is 332 g/mol. The molecule has 130 valence electrons. The van der Waals surface area contributed by atoms with E-state index in [0.717, 1.165) is 44.8 Å². The first-order chi connectivity index (χ1) is 11.8. The van der Waals surface area contributed by atoms with Crippen LogP contribution < -0.4 is 4.90 Å². The van der Waals surface area contributed by atoms with Crippen LogP contribution in [0.4, 0.5) is 5.95 Å². The van der Waals surface area contributed by atoms with Crippen molar-refractivity contribution in [3.8, 4) is 0 Å². The second-order valence-electron chi connectivity index (χ2n) is 6.74. The molecule has 0 saturated carbocycles. The Hall–Kier alpha value is -1.73. The Morgan fingerprint density at radius 1 is 1.08 bits per heavy atom. The largest absolute Gasteiger partial charge is 0.374 e. The van der Waals surface area contributed by atoms with Crippen LogP contribution in [0.5, 0.6) is 0 Å². The van der Waals surface area contributed by atoms with Crippen molar-refractivity contribution in [1.82, 2.24) is 14.9 Å². The first-order valence-corrected chi connectivity index (χ1v) is 8.85. The summed E-state index contributed by atoms with van der Waals surface area (Å²) in [5, 5.41) is 0. The van der Waals surface area contributed by atoms with Gasteiger partial charge in [0.05, 0.1) is 12.7 Å². The van der Waals surface area contributed by atoms with Crippen LogP contribution in [0, 0.1) is 5.92 Å². The lowest BCUT2D eigenvalue weighted by Crippen LogP contribution is -2.51. The summed E-state index contributed by atoms with van der Waals surface area (Å²) in [4.78, 5) is 25.4. The molecule has 7 heteroatoms. The number of carbonyl (C=O) groups is 1. The number of ether oxygens (including phenoxy) is 2. The van der Waals surface area contributed by atoms with Crippen LogP contribution in [0.1, 0.15) is 19.3 Å². The lowest BCUT2D eigenvalue weighted by molar-refractivity contribution is -0.146. The van der Waals surface area contributed by atoms with E-state index < -0.39 is 0 Å². The zero-order chi connectivity index (χ0) is 16.4. The van der Waals surface area contributed by atoms with Gasteiger partial charge in [-0.05, 0) is 25.3 Å². The Labute approximate surface area is 142 Å². The summed E-state index contributed by atoms with van der Waals surface area (Å²) in [6.45, 7) is 4.48. The van der Waals surface area contributed by atoms with Crippen molar-refractivity contribution in [2.24, 2.45) is 5.92 Å². The highest BCUT2D eigenvalue weighted by Gasteiger charge is 2.38. The Kier molecular flexibility index (Phi) is 4.62. The van der Waals surface area contributed by atoms with Gasteiger partial charge in [-0.1, -0.05) is 0 Å². The summed E-state index contributed by atoms with van der Waals surface area (Å²) in [6, 6.07) is 1.83. The lowest BCUT2D eigenvalue weighted by atomic mass is 9.93. The van der Waals surface area contributed by atoms with Crippen LogP contribution in [0.3, 0.4) is 0 Å². The van der Waals surface area contributed by atoms with E-state index in [0.29, 0.717) is 25.7 Å². The molecular weight excluding hydrogens is 308 g/mol. The summed E-state index contributed by atoms with van der Waals surface area (Å²) in [6.07, 6.45) is 6.19. The van der Waals surface area contributed by atoms with Crippen molar-refractivity contribution in [2.75, 3.05) is 44.3 Å². The van der Waals surface area contributed by atoms with Gasteiger partial charge >= 0.3 is 0 Å². The summed E-state index contributed by atoms with van der Waals surface area (Å²) in [5.74, 6) is 1.31. The molecule has 1 amide bonds. The number of rotatable bonds is 2. The summed E-state index contributed by atoms with van der Waals surface area (Å²) >= 11 is 0. The standard InChI is InChI=1S/C17H24N4O3/c22-16(14-3-1-9-23-14)20-7-4-13-11-21(8-10-24-15(13)12-20)17-18-5-2-6-19-17/h2,5-6,13-15H,1,3-4,7-12H2/t13-,14-,15-/m0/s1. The maximum atomic E-state index is 12.6. The van der Waals surface area contributed by atoms with Crippen LogP contribution in [0.25, 0.3) is 0 Å². The quantitative estimate of drug-likeness (QED) is 0.795. The molecule has 1 aromatic rings. The average Bonchev–Trinajstić information content (AvgIpc) is 3.08. The van der Waals surface area contributed by atoms with Crippen molar-refractivity contribution in [2.45, 2.75) is 31.5 Å². The van der Waals surface area contributed by atoms with Gasteiger partial charge in [0.15, 0.2) is 0 Å². The number of piperidine rings is 1. The molecule has 3 saturated heterocycles. The minimum Gasteiger partial charge on any atom is -0.374 e. The first-order valence-electron chi connectivity index (χ1n) is 8.85. The molecule has 3 atom stereocenters. The van der Waals surface area contributed by atoms with Crippen molar-refractivity contribution >= 4 is 11.9 Å². The predicted molar refractivity (Wildman–Crippen MR) is 87.6 cm³/mol. The third-order valence-electron chi connectivity index (χ3n) is 5.20. The number of aromatic nitrogens is 2. The molecule has 0 N–H and O–H groups in total. The number of nitrogens with zero attached hydrogens (tertiary/aromatic N) is 4. The fourth-order valence-corrected chi connectivity index (χ4v) is 3.86. The van der Waals surface area contributed by atoms with E-state index in [1.807, 2.05) is 11.0 Å². The van der Waals surface area contributed by atoms with Crippen molar-refractivity contribution in [3.05, 3.63) is 18.5 Å². The summed E-state index contributed by atoms with van der Waals surface area (Å²) < 4.78 is 11.6. The van der Waals surface area contributed by atoms with Crippen LogP contribution >= 0.6 is 0 Å². The van der Waals surface area contributed by atoms with Crippen LogP contribution in [-0.2, 0) is 14.3 Å². The maximum Gasteiger partial charge on any atom is 0.251 e. The molecule has 7 nitrogen and oxygen atoms in total. The monoisotopic (exact) mass is 332 g/mol. The number of carbonyl (C=O) groups excluding carboxylic acids is 1. The van der Waals surface area contributed by atoms with E-state index in [4.69, 9.17) is 9.47 Å². The predicted octanol–water partition coefficient (Wildman–Crippen LogP) is 0.709. The van der Waals surface area contributed by atoms with Crippen LogP contribution in [-0.4, -0.2) is 72.4 Å². The molecule has 24 heavy (non-hydrogen) atoms. The molecule has 0 aromatic carbocycles. The van der Waals surface area contributed by atoms with Crippen LogP contribution in [0.15, 0.2) is 18.5 Å². The normalized spacial score (nSPS) is 30.8. The molecule has 0 bridgehead atoms. The van der Waals surface area contributed by atoms with Crippen molar-refractivity contribution < 1.29 is 14.3 Å². The number of hydrogen-bond donors (Lipinski definition) is 0. The Morgan fingerprint density at radius 2 is 1.96 bits per heavy atom. The van der Waals surface area contributed by atoms with Gasteiger partial charge in [0.2, 0.25) is 5.95 Å². The molecule has 0 unspecified atom stereocenters. The van der Waals surface area contributed by atoms with Gasteiger partial charge in [-0.15, -0.1) is 0 Å². The summed E-state index contributed by atoms with van der Waals surface area (Å²) in [7, 11) is 0. The number of likely N-dealkylation sites (tertiary alicyclic amines) is 1. The molecule has 4 rings (SSSR count). The molecule has 1 aromatic heterocycles. The number of amides is 1. The zero-order valence-corrected chi connectivity index (χ0v) is 13.8. The smallest absolute Gasteiger partial charge is 0.251 e. The molecule has 3 fully saturated rings. The topological polar surface area (TPSA) is 67.8 Å². The van der Waals surface area contributed by atoms with E-state index in [9.17, 15) is 4.79 Å². The van der Waals surface area contributed by atoms with Gasteiger partial charge in [0.25, 0.3) is 5.91 Å². The third-order valence-corrected chi connectivity index (χ3v) is 5.20. The van der Waals surface area contributed by atoms with Gasteiger partial charge in [0.1, 0.15) is 6.10 Å². The Balaban J connectivity index is 1.40. The molecule has 0 radical (unpaired) electrons. The molecule has 4 heterocycles. The fraction of sp³-hybridized carbons (Fsp3) is 0.706. The second kappa shape index (κ2) is 7.03. The van der Waals surface area contributed by atoms with E-state index in [1.165, 1.54) is 0 Å². The van der Waals surface area contributed by atoms with Gasteiger partial charge < -0.3 is 19.3 Å². The maximum absolute atomic E-state index is 12.6. The molecular formula is C17H24N4O3. The molecule has 0 aliphatic carbocycles. The highest BCUT2D eigenvalue weighted by Crippen LogP contribution is 2.27. The minimum absolute atomic E-state index is 0.0952. The SMILES string of the molecule is O=C([C@@H]1CCCO1)N1CC[C@H]2CN(c3ncccn3)CCO[C@H]2C1. The summed E-state index contributed by atoms with van der Waals surface area (Å²) in [5.41, 5.74) is 0. The Bertz CT molecular complexity index is 564. The lowest BCUT2D eigenvalue weighted by Gasteiger charge is -2.38. The highest BCUT2D eigenvalue weighted by molar-refractivity contribution is 5.81. The van der Waals surface area contributed by atoms with E-state index in [1.54, 1.807) is 12.4 Å². The van der Waals surface area contributed by atoms with Crippen LogP contribution in [0.2, 0.25) is 0 Å². The van der Waals surface area contributed by atoms with Crippen molar-refractivity contribution in [3.63, 3.8) is 0 Å². The zero-order valence-electron chi connectivity index (χ0n) is 13.8. The van der Waals surface area contributed by atoms with E-state index in [-0.39, 0.29) is 18.1 Å². The number of anilines is 1. The van der Waals surface area contributed by atoms with Gasteiger partial charge in [0, 0.05) is 51.1 Å².